The van der Waals surface area contributed by atoms with E-state index in [2.05, 4.69) is 24.3 Å². The van der Waals surface area contributed by atoms with Gasteiger partial charge in [0, 0.05) is 19.0 Å². The zero-order valence-corrected chi connectivity index (χ0v) is 11.6. The van der Waals surface area contributed by atoms with E-state index >= 15 is 0 Å². The average molecular weight is 271 g/mol. The molecule has 0 radical (unpaired) electrons. The van der Waals surface area contributed by atoms with Gasteiger partial charge in [0.25, 0.3) is 5.91 Å². The molecule has 1 fully saturated rings. The minimum absolute atomic E-state index is 0.190. The Balaban J connectivity index is 1.73. The molecular formula is C16H17NOS. The minimum atomic E-state index is 0.190. The molecule has 0 spiro atoms. The molecule has 1 saturated heterocycles. The lowest BCUT2D eigenvalue weighted by Gasteiger charge is -2.32. The number of amides is 1. The zero-order valence-electron chi connectivity index (χ0n) is 10.8. The maximum absolute atomic E-state index is 12.4. The predicted molar refractivity (Wildman–Crippen MR) is 78.6 cm³/mol. The van der Waals surface area contributed by atoms with Crippen LogP contribution in [0.2, 0.25) is 0 Å². The van der Waals surface area contributed by atoms with Crippen molar-refractivity contribution in [2.45, 2.75) is 18.8 Å². The van der Waals surface area contributed by atoms with Crippen molar-refractivity contribution in [1.82, 2.24) is 4.90 Å². The van der Waals surface area contributed by atoms with Crippen LogP contribution in [0.4, 0.5) is 0 Å². The second-order valence-electron chi connectivity index (χ2n) is 4.98. The first-order chi connectivity index (χ1) is 9.34. The first-order valence-corrected chi connectivity index (χ1v) is 7.60. The number of thiophene rings is 1. The molecule has 19 heavy (non-hydrogen) atoms. The summed E-state index contributed by atoms with van der Waals surface area (Å²) in [4.78, 5) is 15.2. The van der Waals surface area contributed by atoms with Crippen molar-refractivity contribution in [3.63, 3.8) is 0 Å². The summed E-state index contributed by atoms with van der Waals surface area (Å²) in [5.41, 5.74) is 1.35. The Labute approximate surface area is 117 Å². The van der Waals surface area contributed by atoms with Crippen molar-refractivity contribution in [2.24, 2.45) is 0 Å². The summed E-state index contributed by atoms with van der Waals surface area (Å²) < 4.78 is 0. The van der Waals surface area contributed by atoms with Crippen LogP contribution in [-0.2, 0) is 0 Å². The monoisotopic (exact) mass is 271 g/mol. The van der Waals surface area contributed by atoms with E-state index in [9.17, 15) is 4.79 Å². The van der Waals surface area contributed by atoms with Gasteiger partial charge in [-0.3, -0.25) is 4.79 Å². The number of hydrogen-bond donors (Lipinski definition) is 0. The average Bonchev–Trinajstić information content (AvgIpc) is 3.02. The number of hydrogen-bond acceptors (Lipinski definition) is 2. The highest BCUT2D eigenvalue weighted by Gasteiger charge is 2.25. The lowest BCUT2D eigenvalue weighted by atomic mass is 9.90. The maximum atomic E-state index is 12.4. The summed E-state index contributed by atoms with van der Waals surface area (Å²) in [5.74, 6) is 0.675. The van der Waals surface area contributed by atoms with Gasteiger partial charge in [-0.2, -0.15) is 0 Å². The van der Waals surface area contributed by atoms with Gasteiger partial charge in [0.1, 0.15) is 0 Å². The second-order valence-corrected chi connectivity index (χ2v) is 5.93. The highest BCUT2D eigenvalue weighted by Crippen LogP contribution is 2.28. The predicted octanol–water partition coefficient (Wildman–Crippen LogP) is 3.77. The molecule has 98 valence electrons. The van der Waals surface area contributed by atoms with Gasteiger partial charge in [0.05, 0.1) is 4.88 Å². The van der Waals surface area contributed by atoms with Gasteiger partial charge in [-0.15, -0.1) is 11.3 Å². The first kappa shape index (κ1) is 12.4. The van der Waals surface area contributed by atoms with Gasteiger partial charge in [-0.05, 0) is 29.9 Å². The Hall–Kier alpha value is -1.61. The summed E-state index contributed by atoms with van der Waals surface area (Å²) in [6.45, 7) is 1.74. The van der Waals surface area contributed by atoms with Gasteiger partial charge >= 0.3 is 0 Å². The Morgan fingerprint density at radius 3 is 2.74 bits per heavy atom. The van der Waals surface area contributed by atoms with E-state index in [4.69, 9.17) is 0 Å². The van der Waals surface area contributed by atoms with Gasteiger partial charge < -0.3 is 4.90 Å². The zero-order chi connectivity index (χ0) is 13.1. The molecule has 1 aromatic carbocycles. The van der Waals surface area contributed by atoms with Gasteiger partial charge in [-0.25, -0.2) is 0 Å². The van der Waals surface area contributed by atoms with E-state index in [1.54, 1.807) is 0 Å². The van der Waals surface area contributed by atoms with Crippen molar-refractivity contribution in [3.8, 4) is 0 Å². The van der Waals surface area contributed by atoms with Crippen molar-refractivity contribution in [3.05, 3.63) is 58.3 Å². The molecule has 0 saturated carbocycles. The van der Waals surface area contributed by atoms with E-state index in [-0.39, 0.29) is 5.91 Å². The fourth-order valence-corrected chi connectivity index (χ4v) is 3.41. The third kappa shape index (κ3) is 2.71. The topological polar surface area (TPSA) is 20.3 Å². The van der Waals surface area contributed by atoms with Crippen LogP contribution in [0.1, 0.15) is 34.0 Å². The van der Waals surface area contributed by atoms with Crippen molar-refractivity contribution in [2.75, 3.05) is 13.1 Å². The lowest BCUT2D eigenvalue weighted by molar-refractivity contribution is 0.0712. The molecule has 3 rings (SSSR count). The Morgan fingerprint density at radius 1 is 1.16 bits per heavy atom. The number of carbonyl (C=O) groups excluding carboxylic acids is 1. The van der Waals surface area contributed by atoms with E-state index in [0.29, 0.717) is 5.92 Å². The summed E-state index contributed by atoms with van der Waals surface area (Å²) in [7, 11) is 0. The third-order valence-corrected chi connectivity index (χ3v) is 4.57. The van der Waals surface area contributed by atoms with Gasteiger partial charge in [0.15, 0.2) is 0 Å². The largest absolute Gasteiger partial charge is 0.337 e. The van der Waals surface area contributed by atoms with Crippen LogP contribution in [0.3, 0.4) is 0 Å². The molecular weight excluding hydrogens is 254 g/mol. The van der Waals surface area contributed by atoms with Crippen molar-refractivity contribution < 1.29 is 4.79 Å². The van der Waals surface area contributed by atoms with E-state index in [1.807, 2.05) is 28.5 Å². The molecule has 0 bridgehead atoms. The summed E-state index contributed by atoms with van der Waals surface area (Å²) >= 11 is 1.53. The molecule has 0 N–H and O–H groups in total. The molecule has 0 aliphatic carbocycles. The number of benzene rings is 1. The van der Waals surface area contributed by atoms with Gasteiger partial charge in [0.2, 0.25) is 0 Å². The van der Waals surface area contributed by atoms with Crippen LogP contribution >= 0.6 is 11.3 Å². The number of rotatable bonds is 2. The molecule has 1 aliphatic rings. The van der Waals surface area contributed by atoms with E-state index < -0.39 is 0 Å². The number of nitrogens with zero attached hydrogens (tertiary/aromatic N) is 1. The van der Waals surface area contributed by atoms with Crippen LogP contribution in [0.15, 0.2) is 47.8 Å². The van der Waals surface area contributed by atoms with Crippen LogP contribution in [0.5, 0.6) is 0 Å². The quantitative estimate of drug-likeness (QED) is 0.814. The highest BCUT2D eigenvalue weighted by molar-refractivity contribution is 7.12. The highest BCUT2D eigenvalue weighted by atomic mass is 32.1. The molecule has 1 aliphatic heterocycles. The number of carbonyl (C=O) groups is 1. The Morgan fingerprint density at radius 2 is 2.00 bits per heavy atom. The molecule has 2 nitrogen and oxygen atoms in total. The molecule has 2 aromatic rings. The van der Waals surface area contributed by atoms with E-state index in [0.717, 1.165) is 24.4 Å². The number of likely N-dealkylation sites (tertiary alicyclic amines) is 1. The first-order valence-electron chi connectivity index (χ1n) is 6.72. The van der Waals surface area contributed by atoms with Crippen LogP contribution in [-0.4, -0.2) is 23.9 Å². The Kier molecular flexibility index (Phi) is 3.65. The SMILES string of the molecule is O=C(c1cccs1)N1CCC[C@@H](c2ccccc2)C1. The Bertz CT molecular complexity index is 535. The van der Waals surface area contributed by atoms with E-state index in [1.165, 1.54) is 23.3 Å². The minimum Gasteiger partial charge on any atom is -0.337 e. The molecule has 2 heterocycles. The summed E-state index contributed by atoms with van der Waals surface area (Å²) in [5, 5.41) is 1.96. The molecule has 0 unspecified atom stereocenters. The molecule has 1 atom stereocenters. The smallest absolute Gasteiger partial charge is 0.263 e. The van der Waals surface area contributed by atoms with Crippen LogP contribution in [0, 0.1) is 0 Å². The number of piperidine rings is 1. The van der Waals surface area contributed by atoms with Crippen LogP contribution < -0.4 is 0 Å². The molecule has 1 amide bonds. The van der Waals surface area contributed by atoms with Crippen molar-refractivity contribution in [1.29, 1.82) is 0 Å². The maximum Gasteiger partial charge on any atom is 0.263 e. The molecule has 3 heteroatoms. The second kappa shape index (κ2) is 5.57. The summed E-state index contributed by atoms with van der Waals surface area (Å²) in [6.07, 6.45) is 2.27. The summed E-state index contributed by atoms with van der Waals surface area (Å²) in [6, 6.07) is 14.4. The fourth-order valence-electron chi connectivity index (χ4n) is 2.71. The third-order valence-electron chi connectivity index (χ3n) is 3.71. The van der Waals surface area contributed by atoms with Gasteiger partial charge in [-0.1, -0.05) is 36.4 Å². The lowest BCUT2D eigenvalue weighted by Crippen LogP contribution is -2.38. The van der Waals surface area contributed by atoms with Crippen molar-refractivity contribution >= 4 is 17.2 Å². The van der Waals surface area contributed by atoms with Crippen LogP contribution in [0.25, 0.3) is 0 Å². The standard InChI is InChI=1S/C16H17NOS/c18-16(15-9-5-11-19-15)17-10-4-8-14(12-17)13-6-2-1-3-7-13/h1-3,5-7,9,11,14H,4,8,10,12H2/t14-/m1/s1. The fraction of sp³-hybridized carbons (Fsp3) is 0.312. The molecule has 1 aromatic heterocycles. The normalized spacial score (nSPS) is 19.4.